The summed E-state index contributed by atoms with van der Waals surface area (Å²) in [6, 6.07) is 13.7. The molecule has 0 amide bonds. The molecule has 7 heteroatoms. The molecule has 0 N–H and O–H groups in total. The first kappa shape index (κ1) is 15.0. The summed E-state index contributed by atoms with van der Waals surface area (Å²) in [6.07, 6.45) is 0. The van der Waals surface area contributed by atoms with Gasteiger partial charge in [-0.05, 0) is 59.3 Å². The maximum atomic E-state index is 13.0. The minimum atomic E-state index is -0.244. The van der Waals surface area contributed by atoms with E-state index < -0.39 is 0 Å². The zero-order valence-electron chi connectivity index (χ0n) is 11.6. The van der Waals surface area contributed by atoms with E-state index in [1.54, 1.807) is 28.9 Å². The van der Waals surface area contributed by atoms with E-state index in [-0.39, 0.29) is 11.1 Å². The lowest BCUT2D eigenvalue weighted by Gasteiger charge is -2.11. The first-order chi connectivity index (χ1) is 10.6. The molecule has 1 unspecified atom stereocenters. The molecule has 0 radical (unpaired) electrons. The number of halogens is 2. The van der Waals surface area contributed by atoms with Crippen LogP contribution in [0.25, 0.3) is 5.69 Å². The first-order valence-corrected chi connectivity index (χ1v) is 7.85. The Morgan fingerprint density at radius 1 is 1.09 bits per heavy atom. The van der Waals surface area contributed by atoms with Gasteiger partial charge in [-0.25, -0.2) is 4.39 Å². The van der Waals surface area contributed by atoms with Crippen molar-refractivity contribution < 1.29 is 4.39 Å². The summed E-state index contributed by atoms with van der Waals surface area (Å²) in [6.45, 7) is 2.03. The fourth-order valence-corrected chi connectivity index (χ4v) is 3.02. The maximum Gasteiger partial charge on any atom is 0.214 e. The summed E-state index contributed by atoms with van der Waals surface area (Å²) in [5.41, 5.74) is 1.85. The molecule has 1 aromatic heterocycles. The van der Waals surface area contributed by atoms with Crippen molar-refractivity contribution in [1.29, 1.82) is 0 Å². The van der Waals surface area contributed by atoms with E-state index >= 15 is 0 Å². The molecule has 0 aliphatic rings. The maximum absolute atomic E-state index is 13.0. The van der Waals surface area contributed by atoms with E-state index in [0.717, 1.165) is 11.3 Å². The highest BCUT2D eigenvalue weighted by Gasteiger charge is 2.14. The molecule has 22 heavy (non-hydrogen) atoms. The van der Waals surface area contributed by atoms with Crippen LogP contribution in [-0.4, -0.2) is 20.2 Å². The summed E-state index contributed by atoms with van der Waals surface area (Å²) < 4.78 is 14.6. The highest BCUT2D eigenvalue weighted by atomic mass is 35.5. The molecule has 0 fully saturated rings. The topological polar surface area (TPSA) is 43.6 Å². The molecule has 0 saturated heterocycles. The largest absolute Gasteiger partial charge is 0.214 e. The minimum absolute atomic E-state index is 0.0950. The second kappa shape index (κ2) is 6.46. The molecule has 0 aliphatic heterocycles. The van der Waals surface area contributed by atoms with Gasteiger partial charge in [0.25, 0.3) is 0 Å². The van der Waals surface area contributed by atoms with E-state index in [0.29, 0.717) is 10.2 Å². The molecule has 1 heterocycles. The van der Waals surface area contributed by atoms with Crippen LogP contribution in [0.5, 0.6) is 0 Å². The van der Waals surface area contributed by atoms with Crippen molar-refractivity contribution in [3.8, 4) is 5.69 Å². The number of nitrogens with zero attached hydrogens (tertiary/aromatic N) is 4. The SMILES string of the molecule is CC(Sc1nnnn1-c1ccc(Cl)cc1)c1ccc(F)cc1. The lowest BCUT2D eigenvalue weighted by molar-refractivity contribution is 0.627. The van der Waals surface area contributed by atoms with Crippen LogP contribution in [0.2, 0.25) is 5.02 Å². The van der Waals surface area contributed by atoms with Crippen LogP contribution in [-0.2, 0) is 0 Å². The number of benzene rings is 2. The van der Waals surface area contributed by atoms with Crippen LogP contribution in [0.15, 0.2) is 53.7 Å². The zero-order chi connectivity index (χ0) is 15.5. The monoisotopic (exact) mass is 334 g/mol. The normalized spacial score (nSPS) is 12.3. The lowest BCUT2D eigenvalue weighted by Crippen LogP contribution is -2.00. The van der Waals surface area contributed by atoms with Crippen molar-refractivity contribution in [3.63, 3.8) is 0 Å². The highest BCUT2D eigenvalue weighted by molar-refractivity contribution is 7.99. The van der Waals surface area contributed by atoms with Crippen molar-refractivity contribution in [2.45, 2.75) is 17.3 Å². The van der Waals surface area contributed by atoms with Crippen molar-refractivity contribution in [3.05, 3.63) is 64.9 Å². The summed E-state index contributed by atoms with van der Waals surface area (Å²) in [4.78, 5) is 0. The highest BCUT2D eigenvalue weighted by Crippen LogP contribution is 2.34. The Labute approximate surface area is 136 Å². The molecule has 0 spiro atoms. The van der Waals surface area contributed by atoms with Gasteiger partial charge in [-0.3, -0.25) is 0 Å². The van der Waals surface area contributed by atoms with Gasteiger partial charge in [0.2, 0.25) is 5.16 Å². The summed E-state index contributed by atoms with van der Waals surface area (Å²) >= 11 is 7.40. The third-order valence-electron chi connectivity index (χ3n) is 3.13. The van der Waals surface area contributed by atoms with Gasteiger partial charge >= 0.3 is 0 Å². The van der Waals surface area contributed by atoms with Crippen LogP contribution in [0.3, 0.4) is 0 Å². The number of rotatable bonds is 4. The zero-order valence-corrected chi connectivity index (χ0v) is 13.2. The van der Waals surface area contributed by atoms with E-state index in [1.165, 1.54) is 23.9 Å². The molecular weight excluding hydrogens is 323 g/mol. The molecule has 0 aliphatic carbocycles. The molecule has 2 aromatic carbocycles. The van der Waals surface area contributed by atoms with Crippen molar-refractivity contribution in [2.24, 2.45) is 0 Å². The van der Waals surface area contributed by atoms with Gasteiger partial charge in [0.1, 0.15) is 5.82 Å². The number of tetrazole rings is 1. The predicted octanol–water partition coefficient (Wildman–Crippen LogP) is 4.31. The first-order valence-electron chi connectivity index (χ1n) is 6.60. The molecule has 0 saturated carbocycles. The molecule has 3 aromatic rings. The second-order valence-electron chi connectivity index (χ2n) is 4.66. The quantitative estimate of drug-likeness (QED) is 0.667. The number of hydrogen-bond acceptors (Lipinski definition) is 4. The van der Waals surface area contributed by atoms with Gasteiger partial charge in [0.15, 0.2) is 0 Å². The Kier molecular flexibility index (Phi) is 4.40. The third-order valence-corrected chi connectivity index (χ3v) is 4.48. The smallest absolute Gasteiger partial charge is 0.207 e. The third kappa shape index (κ3) is 3.28. The summed E-state index contributed by atoms with van der Waals surface area (Å²) in [7, 11) is 0. The lowest BCUT2D eigenvalue weighted by atomic mass is 10.2. The minimum Gasteiger partial charge on any atom is -0.207 e. The Balaban J connectivity index is 1.83. The van der Waals surface area contributed by atoms with Crippen LogP contribution in [0.4, 0.5) is 4.39 Å². The number of aromatic nitrogens is 4. The molecule has 4 nitrogen and oxygen atoms in total. The van der Waals surface area contributed by atoms with Crippen molar-refractivity contribution >= 4 is 23.4 Å². The van der Waals surface area contributed by atoms with Gasteiger partial charge in [-0.15, -0.1) is 5.10 Å². The standard InChI is InChI=1S/C15H12ClFN4S/c1-10(11-2-6-13(17)7-3-11)22-15-18-19-20-21(15)14-8-4-12(16)5-9-14/h2-10H,1H3. The van der Waals surface area contributed by atoms with E-state index in [1.807, 2.05) is 19.1 Å². The van der Waals surface area contributed by atoms with E-state index in [2.05, 4.69) is 15.5 Å². The van der Waals surface area contributed by atoms with Gasteiger partial charge in [-0.2, -0.15) is 4.68 Å². The van der Waals surface area contributed by atoms with Crippen LogP contribution >= 0.6 is 23.4 Å². The molecular formula is C15H12ClFN4S. The Morgan fingerprint density at radius 2 is 1.77 bits per heavy atom. The van der Waals surface area contributed by atoms with Crippen molar-refractivity contribution in [1.82, 2.24) is 20.2 Å². The Hall–Kier alpha value is -1.92. The van der Waals surface area contributed by atoms with Crippen LogP contribution in [0, 0.1) is 5.82 Å². The van der Waals surface area contributed by atoms with E-state index in [4.69, 9.17) is 11.6 Å². The average Bonchev–Trinajstić information content (AvgIpc) is 2.97. The number of hydrogen-bond donors (Lipinski definition) is 0. The van der Waals surface area contributed by atoms with Crippen LogP contribution < -0.4 is 0 Å². The van der Waals surface area contributed by atoms with Gasteiger partial charge < -0.3 is 0 Å². The Bertz CT molecular complexity index is 758. The van der Waals surface area contributed by atoms with Gasteiger partial charge in [0.05, 0.1) is 5.69 Å². The fraction of sp³-hybridized carbons (Fsp3) is 0.133. The average molecular weight is 335 g/mol. The number of thioether (sulfide) groups is 1. The summed E-state index contributed by atoms with van der Waals surface area (Å²) in [5.74, 6) is -0.244. The summed E-state index contributed by atoms with van der Waals surface area (Å²) in [5, 5.41) is 13.2. The van der Waals surface area contributed by atoms with Crippen LogP contribution in [0.1, 0.15) is 17.7 Å². The van der Waals surface area contributed by atoms with Crippen molar-refractivity contribution in [2.75, 3.05) is 0 Å². The Morgan fingerprint density at radius 3 is 2.45 bits per heavy atom. The second-order valence-corrected chi connectivity index (χ2v) is 6.41. The fourth-order valence-electron chi connectivity index (χ4n) is 1.96. The molecule has 0 bridgehead atoms. The van der Waals surface area contributed by atoms with Gasteiger partial charge in [0, 0.05) is 10.3 Å². The molecule has 3 rings (SSSR count). The van der Waals surface area contributed by atoms with E-state index in [9.17, 15) is 4.39 Å². The van der Waals surface area contributed by atoms with Gasteiger partial charge in [-0.1, -0.05) is 35.5 Å². The molecule has 1 atom stereocenters. The predicted molar refractivity (Wildman–Crippen MR) is 84.8 cm³/mol. The molecule has 112 valence electrons.